The van der Waals surface area contributed by atoms with Gasteiger partial charge in [-0.15, -0.1) is 0 Å². The summed E-state index contributed by atoms with van der Waals surface area (Å²) < 4.78 is 69.1. The molecular formula is C20H20F3NO4S. The van der Waals surface area contributed by atoms with Gasteiger partial charge in [0.2, 0.25) is 10.0 Å². The zero-order chi connectivity index (χ0) is 21.7. The van der Waals surface area contributed by atoms with Crippen LogP contribution in [-0.4, -0.2) is 31.8 Å². The normalized spacial score (nSPS) is 12.5. The monoisotopic (exact) mass is 427 g/mol. The first kappa shape index (κ1) is 22.6. The minimum Gasteiger partial charge on any atom is -0.423 e. The molecule has 0 N–H and O–H groups in total. The van der Waals surface area contributed by atoms with Crippen LogP contribution in [0, 0.1) is 0 Å². The summed E-state index contributed by atoms with van der Waals surface area (Å²) >= 11 is 0. The molecule has 2 aromatic rings. The predicted octanol–water partition coefficient (Wildman–Crippen LogP) is 4.35. The first-order chi connectivity index (χ1) is 13.6. The number of alkyl halides is 3. The maximum atomic E-state index is 12.7. The Morgan fingerprint density at radius 3 is 2.24 bits per heavy atom. The van der Waals surface area contributed by atoms with Crippen molar-refractivity contribution in [2.24, 2.45) is 0 Å². The molecule has 0 aromatic heterocycles. The van der Waals surface area contributed by atoms with Gasteiger partial charge in [0.25, 0.3) is 0 Å². The Bertz CT molecular complexity index is 980. The van der Waals surface area contributed by atoms with Crippen molar-refractivity contribution in [2.75, 3.05) is 13.1 Å². The first-order valence-corrected chi connectivity index (χ1v) is 10.2. The van der Waals surface area contributed by atoms with E-state index in [0.29, 0.717) is 18.7 Å². The third kappa shape index (κ3) is 5.91. The van der Waals surface area contributed by atoms with E-state index in [-0.39, 0.29) is 10.6 Å². The van der Waals surface area contributed by atoms with Gasteiger partial charge in [0.05, 0.1) is 10.5 Å². The Kier molecular flexibility index (Phi) is 7.21. The molecule has 0 spiro atoms. The third-order valence-corrected chi connectivity index (χ3v) is 6.08. The number of halogens is 3. The van der Waals surface area contributed by atoms with Crippen LogP contribution in [0.5, 0.6) is 5.75 Å². The summed E-state index contributed by atoms with van der Waals surface area (Å²) in [5, 5.41) is 0. The average Bonchev–Trinajstić information content (AvgIpc) is 2.67. The van der Waals surface area contributed by atoms with E-state index in [9.17, 15) is 26.4 Å². The average molecular weight is 427 g/mol. The molecule has 0 heterocycles. The highest BCUT2D eigenvalue weighted by atomic mass is 32.2. The number of sulfonamides is 1. The van der Waals surface area contributed by atoms with Gasteiger partial charge in [-0.05, 0) is 42.0 Å². The van der Waals surface area contributed by atoms with Crippen LogP contribution in [0.1, 0.15) is 25.0 Å². The number of esters is 1. The van der Waals surface area contributed by atoms with E-state index in [0.717, 1.165) is 24.3 Å². The van der Waals surface area contributed by atoms with Gasteiger partial charge in [0.15, 0.2) is 0 Å². The molecule has 0 aliphatic carbocycles. The molecule has 0 saturated carbocycles. The molecule has 0 aliphatic heterocycles. The summed E-state index contributed by atoms with van der Waals surface area (Å²) in [4.78, 5) is 12.0. The van der Waals surface area contributed by atoms with Crippen molar-refractivity contribution in [3.05, 3.63) is 65.7 Å². The van der Waals surface area contributed by atoms with E-state index in [1.807, 2.05) is 0 Å². The van der Waals surface area contributed by atoms with Crippen LogP contribution in [0.3, 0.4) is 0 Å². The molecule has 0 aliphatic rings. The first-order valence-electron chi connectivity index (χ1n) is 8.75. The minimum atomic E-state index is -4.54. The molecule has 0 bridgehead atoms. The van der Waals surface area contributed by atoms with Crippen LogP contribution in [0.15, 0.2) is 59.5 Å². The lowest BCUT2D eigenvalue weighted by molar-refractivity contribution is -0.138. The summed E-state index contributed by atoms with van der Waals surface area (Å²) in [6.45, 7) is 4.19. The molecule has 0 unspecified atom stereocenters. The predicted molar refractivity (Wildman–Crippen MR) is 103 cm³/mol. The van der Waals surface area contributed by atoms with E-state index >= 15 is 0 Å². The van der Waals surface area contributed by atoms with Crippen molar-refractivity contribution < 1.29 is 31.1 Å². The Morgan fingerprint density at radius 2 is 1.69 bits per heavy atom. The summed E-state index contributed by atoms with van der Waals surface area (Å²) in [6.07, 6.45) is -2.11. The number of hydrogen-bond donors (Lipinski definition) is 0. The van der Waals surface area contributed by atoms with Crippen molar-refractivity contribution >= 4 is 22.1 Å². The number of benzene rings is 2. The van der Waals surface area contributed by atoms with Crippen molar-refractivity contribution in [3.8, 4) is 5.75 Å². The van der Waals surface area contributed by atoms with Crippen LogP contribution in [0.4, 0.5) is 13.2 Å². The lowest BCUT2D eigenvalue weighted by Gasteiger charge is -2.18. The molecule has 0 fully saturated rings. The summed E-state index contributed by atoms with van der Waals surface area (Å²) in [5.41, 5.74) is -0.388. The van der Waals surface area contributed by atoms with Crippen molar-refractivity contribution in [1.82, 2.24) is 4.31 Å². The fourth-order valence-corrected chi connectivity index (χ4v) is 3.97. The zero-order valence-electron chi connectivity index (χ0n) is 15.8. The lowest BCUT2D eigenvalue weighted by atomic mass is 10.2. The van der Waals surface area contributed by atoms with Gasteiger partial charge in [-0.3, -0.25) is 0 Å². The zero-order valence-corrected chi connectivity index (χ0v) is 16.6. The Balaban J connectivity index is 2.08. The molecule has 156 valence electrons. The van der Waals surface area contributed by atoms with Gasteiger partial charge in [0.1, 0.15) is 5.75 Å². The van der Waals surface area contributed by atoms with E-state index in [1.54, 1.807) is 13.8 Å². The second-order valence-corrected chi connectivity index (χ2v) is 7.88. The number of carbonyl (C=O) groups is 1. The number of hydrogen-bond acceptors (Lipinski definition) is 4. The molecule has 9 heteroatoms. The van der Waals surface area contributed by atoms with Gasteiger partial charge in [0, 0.05) is 19.2 Å². The maximum absolute atomic E-state index is 12.7. The molecule has 0 saturated heterocycles. The fourth-order valence-electron chi connectivity index (χ4n) is 2.51. The van der Waals surface area contributed by atoms with Crippen molar-refractivity contribution in [1.29, 1.82) is 0 Å². The quantitative estimate of drug-likeness (QED) is 0.374. The van der Waals surface area contributed by atoms with Crippen LogP contribution < -0.4 is 4.74 Å². The molecule has 0 amide bonds. The molecular weight excluding hydrogens is 407 g/mol. The van der Waals surface area contributed by atoms with Crippen LogP contribution in [-0.2, 0) is 21.0 Å². The minimum absolute atomic E-state index is 0.130. The molecule has 0 radical (unpaired) electrons. The van der Waals surface area contributed by atoms with Crippen LogP contribution >= 0.6 is 0 Å². The van der Waals surface area contributed by atoms with Gasteiger partial charge in [-0.2, -0.15) is 17.5 Å². The summed E-state index contributed by atoms with van der Waals surface area (Å²) in [5.74, 6) is -1.08. The van der Waals surface area contributed by atoms with E-state index in [1.165, 1.54) is 40.7 Å². The standard InChI is InChI=1S/C20H20F3NO4S/c1-3-24(4-2)29(26,27)18-11-8-15(9-12-18)10-13-19(25)28-17-7-5-6-16(14-17)20(21,22)23/h5-14H,3-4H2,1-2H3/b13-10+. The number of rotatable bonds is 7. The Morgan fingerprint density at radius 1 is 1.07 bits per heavy atom. The highest BCUT2D eigenvalue weighted by molar-refractivity contribution is 7.89. The van der Waals surface area contributed by atoms with Crippen molar-refractivity contribution in [3.63, 3.8) is 0 Å². The molecule has 5 nitrogen and oxygen atoms in total. The SMILES string of the molecule is CCN(CC)S(=O)(=O)c1ccc(/C=C/C(=O)Oc2cccc(C(F)(F)F)c2)cc1. The number of carbonyl (C=O) groups excluding carboxylic acids is 1. The molecule has 29 heavy (non-hydrogen) atoms. The topological polar surface area (TPSA) is 63.7 Å². The molecule has 2 rings (SSSR count). The van der Waals surface area contributed by atoms with Gasteiger partial charge in [-0.25, -0.2) is 13.2 Å². The number of ether oxygens (including phenoxy) is 1. The second-order valence-electron chi connectivity index (χ2n) is 5.94. The number of nitrogens with zero attached hydrogens (tertiary/aromatic N) is 1. The maximum Gasteiger partial charge on any atom is 0.416 e. The highest BCUT2D eigenvalue weighted by Crippen LogP contribution is 2.31. The molecule has 0 atom stereocenters. The van der Waals surface area contributed by atoms with E-state index in [2.05, 4.69) is 0 Å². The van der Waals surface area contributed by atoms with Crippen molar-refractivity contribution in [2.45, 2.75) is 24.9 Å². The smallest absolute Gasteiger partial charge is 0.416 e. The highest BCUT2D eigenvalue weighted by Gasteiger charge is 2.30. The van der Waals surface area contributed by atoms with Gasteiger partial charge in [-0.1, -0.05) is 32.0 Å². The summed E-state index contributed by atoms with van der Waals surface area (Å²) in [6, 6.07) is 9.88. The Labute approximate surface area is 167 Å². The second kappa shape index (κ2) is 9.23. The summed E-state index contributed by atoms with van der Waals surface area (Å²) in [7, 11) is -3.58. The van der Waals surface area contributed by atoms with Gasteiger partial charge < -0.3 is 4.74 Å². The van der Waals surface area contributed by atoms with E-state index < -0.39 is 27.7 Å². The van der Waals surface area contributed by atoms with E-state index in [4.69, 9.17) is 4.74 Å². The Hall–Kier alpha value is -2.65. The lowest BCUT2D eigenvalue weighted by Crippen LogP contribution is -2.30. The van der Waals surface area contributed by atoms with Crippen LogP contribution in [0.2, 0.25) is 0 Å². The largest absolute Gasteiger partial charge is 0.423 e. The van der Waals surface area contributed by atoms with Crippen LogP contribution in [0.25, 0.3) is 6.08 Å². The molecule has 2 aromatic carbocycles. The fraction of sp³-hybridized carbons (Fsp3) is 0.250. The third-order valence-electron chi connectivity index (χ3n) is 4.01. The van der Waals surface area contributed by atoms with Gasteiger partial charge >= 0.3 is 12.1 Å².